The fourth-order valence-corrected chi connectivity index (χ4v) is 3.97. The fraction of sp³-hybridized carbons (Fsp3) is 0.227. The standard InChI is InChI=1S/C22H20FN3O2S/c1-13-8-19(13)21(28)25-17-7-3-5-15(11-17)20(27)26-22-24-12-18(29-22)10-14-4-2-6-16(23)9-14/h2-7,9,11-13,19H,8,10H2,1H3,(H,25,28)(H,24,26,27). The van der Waals surface area contributed by atoms with E-state index in [2.05, 4.69) is 15.6 Å². The summed E-state index contributed by atoms with van der Waals surface area (Å²) in [6.45, 7) is 2.05. The fourth-order valence-electron chi connectivity index (χ4n) is 3.12. The smallest absolute Gasteiger partial charge is 0.257 e. The van der Waals surface area contributed by atoms with Gasteiger partial charge in [0.05, 0.1) is 0 Å². The van der Waals surface area contributed by atoms with Gasteiger partial charge >= 0.3 is 0 Å². The normalized spacial score (nSPS) is 17.6. The van der Waals surface area contributed by atoms with Gasteiger partial charge < -0.3 is 5.32 Å². The van der Waals surface area contributed by atoms with Crippen LogP contribution in [-0.4, -0.2) is 16.8 Å². The lowest BCUT2D eigenvalue weighted by Crippen LogP contribution is -2.16. The molecule has 1 heterocycles. The van der Waals surface area contributed by atoms with Crippen LogP contribution < -0.4 is 10.6 Å². The van der Waals surface area contributed by atoms with E-state index in [9.17, 15) is 14.0 Å². The predicted molar refractivity (Wildman–Crippen MR) is 112 cm³/mol. The molecule has 0 bridgehead atoms. The predicted octanol–water partition coefficient (Wildman–Crippen LogP) is 4.72. The molecule has 2 atom stereocenters. The average Bonchev–Trinajstić information content (AvgIpc) is 3.27. The molecule has 2 N–H and O–H groups in total. The molecule has 1 saturated carbocycles. The van der Waals surface area contributed by atoms with Crippen molar-refractivity contribution in [1.29, 1.82) is 0 Å². The van der Waals surface area contributed by atoms with Crippen molar-refractivity contribution in [3.8, 4) is 0 Å². The Balaban J connectivity index is 1.38. The monoisotopic (exact) mass is 409 g/mol. The minimum Gasteiger partial charge on any atom is -0.326 e. The van der Waals surface area contributed by atoms with E-state index >= 15 is 0 Å². The van der Waals surface area contributed by atoms with E-state index in [1.165, 1.54) is 23.5 Å². The molecule has 3 aromatic rings. The Morgan fingerprint density at radius 1 is 1.17 bits per heavy atom. The number of thiazole rings is 1. The lowest BCUT2D eigenvalue weighted by Gasteiger charge is -2.07. The van der Waals surface area contributed by atoms with Gasteiger partial charge in [-0.05, 0) is 48.2 Å². The van der Waals surface area contributed by atoms with Gasteiger partial charge in [-0.3, -0.25) is 14.9 Å². The molecule has 0 radical (unpaired) electrons. The second-order valence-electron chi connectivity index (χ2n) is 7.28. The Morgan fingerprint density at radius 3 is 2.72 bits per heavy atom. The zero-order chi connectivity index (χ0) is 20.4. The van der Waals surface area contributed by atoms with Gasteiger partial charge in [0.25, 0.3) is 5.91 Å². The summed E-state index contributed by atoms with van der Waals surface area (Å²) in [6.07, 6.45) is 3.14. The second-order valence-corrected chi connectivity index (χ2v) is 8.40. The van der Waals surface area contributed by atoms with Crippen molar-refractivity contribution in [1.82, 2.24) is 4.98 Å². The van der Waals surface area contributed by atoms with Crippen molar-refractivity contribution in [2.75, 3.05) is 10.6 Å². The highest BCUT2D eigenvalue weighted by molar-refractivity contribution is 7.15. The summed E-state index contributed by atoms with van der Waals surface area (Å²) < 4.78 is 13.3. The van der Waals surface area contributed by atoms with Crippen LogP contribution in [0.5, 0.6) is 0 Å². The third kappa shape index (κ3) is 4.86. The van der Waals surface area contributed by atoms with Crippen molar-refractivity contribution in [3.05, 3.63) is 76.5 Å². The van der Waals surface area contributed by atoms with Crippen LogP contribution in [0, 0.1) is 17.7 Å². The van der Waals surface area contributed by atoms with Crippen LogP contribution >= 0.6 is 11.3 Å². The Hall–Kier alpha value is -3.06. The zero-order valence-electron chi connectivity index (χ0n) is 15.8. The molecule has 1 aliphatic rings. The Kier molecular flexibility index (Phi) is 5.40. The highest BCUT2D eigenvalue weighted by Crippen LogP contribution is 2.38. The molecular weight excluding hydrogens is 389 g/mol. The van der Waals surface area contributed by atoms with Gasteiger partial charge in [0.1, 0.15) is 5.82 Å². The van der Waals surface area contributed by atoms with E-state index in [0.29, 0.717) is 28.7 Å². The number of rotatable bonds is 6. The number of anilines is 2. The molecule has 2 aromatic carbocycles. The number of hydrogen-bond donors (Lipinski definition) is 2. The van der Waals surface area contributed by atoms with Crippen LogP contribution in [0.1, 0.15) is 34.1 Å². The van der Waals surface area contributed by atoms with Crippen molar-refractivity contribution in [2.24, 2.45) is 11.8 Å². The summed E-state index contributed by atoms with van der Waals surface area (Å²) in [5.74, 6) is -0.0829. The lowest BCUT2D eigenvalue weighted by atomic mass is 10.1. The number of carbonyl (C=O) groups excluding carboxylic acids is 2. The molecule has 1 aliphatic carbocycles. The minimum atomic E-state index is -0.299. The first-order valence-electron chi connectivity index (χ1n) is 9.39. The first-order chi connectivity index (χ1) is 14.0. The molecule has 4 rings (SSSR count). The number of hydrogen-bond acceptors (Lipinski definition) is 4. The summed E-state index contributed by atoms with van der Waals surface area (Å²) in [4.78, 5) is 29.8. The summed E-state index contributed by atoms with van der Waals surface area (Å²) >= 11 is 1.35. The number of nitrogens with zero attached hydrogens (tertiary/aromatic N) is 1. The molecule has 29 heavy (non-hydrogen) atoms. The quantitative estimate of drug-likeness (QED) is 0.619. The zero-order valence-corrected chi connectivity index (χ0v) is 16.6. The van der Waals surface area contributed by atoms with Crippen molar-refractivity contribution < 1.29 is 14.0 Å². The van der Waals surface area contributed by atoms with Crippen LogP contribution in [0.3, 0.4) is 0 Å². The SMILES string of the molecule is CC1CC1C(=O)Nc1cccc(C(=O)Nc2ncc(Cc3cccc(F)c3)s2)c1. The number of aromatic nitrogens is 1. The third-order valence-corrected chi connectivity index (χ3v) is 5.79. The lowest BCUT2D eigenvalue weighted by molar-refractivity contribution is -0.117. The molecule has 0 saturated heterocycles. The largest absolute Gasteiger partial charge is 0.326 e. The molecule has 5 nitrogen and oxygen atoms in total. The minimum absolute atomic E-state index is 0.00280. The van der Waals surface area contributed by atoms with E-state index in [1.54, 1.807) is 36.5 Å². The maximum Gasteiger partial charge on any atom is 0.257 e. The van der Waals surface area contributed by atoms with Crippen LogP contribution in [0.15, 0.2) is 54.7 Å². The van der Waals surface area contributed by atoms with E-state index < -0.39 is 0 Å². The Morgan fingerprint density at radius 2 is 1.97 bits per heavy atom. The molecule has 0 aliphatic heterocycles. The topological polar surface area (TPSA) is 71.1 Å². The van der Waals surface area contributed by atoms with E-state index in [0.717, 1.165) is 16.9 Å². The van der Waals surface area contributed by atoms with Crippen LogP contribution in [0.25, 0.3) is 0 Å². The van der Waals surface area contributed by atoms with E-state index in [4.69, 9.17) is 0 Å². The molecule has 1 fully saturated rings. The summed E-state index contributed by atoms with van der Waals surface area (Å²) in [5.41, 5.74) is 1.89. The molecule has 7 heteroatoms. The molecular formula is C22H20FN3O2S. The van der Waals surface area contributed by atoms with Gasteiger partial charge in [-0.25, -0.2) is 9.37 Å². The molecule has 1 aromatic heterocycles. The van der Waals surface area contributed by atoms with Gasteiger partial charge in [0, 0.05) is 34.7 Å². The number of halogens is 1. The van der Waals surface area contributed by atoms with E-state index in [1.807, 2.05) is 13.0 Å². The summed E-state index contributed by atoms with van der Waals surface area (Å²) in [5, 5.41) is 6.12. The first-order valence-corrected chi connectivity index (χ1v) is 10.2. The van der Waals surface area contributed by atoms with E-state index in [-0.39, 0.29) is 23.5 Å². The average molecular weight is 409 g/mol. The number of carbonyl (C=O) groups is 2. The van der Waals surface area contributed by atoms with Crippen LogP contribution in [0.4, 0.5) is 15.2 Å². The van der Waals surface area contributed by atoms with Crippen molar-refractivity contribution in [3.63, 3.8) is 0 Å². The van der Waals surface area contributed by atoms with Gasteiger partial charge in [0.15, 0.2) is 5.13 Å². The highest BCUT2D eigenvalue weighted by atomic mass is 32.1. The molecule has 0 spiro atoms. The summed E-state index contributed by atoms with van der Waals surface area (Å²) in [6, 6.07) is 13.3. The van der Waals surface area contributed by atoms with Crippen molar-refractivity contribution >= 4 is 34.0 Å². The van der Waals surface area contributed by atoms with Gasteiger partial charge in [0.2, 0.25) is 5.91 Å². The summed E-state index contributed by atoms with van der Waals surface area (Å²) in [7, 11) is 0. The number of benzene rings is 2. The second kappa shape index (κ2) is 8.13. The Labute approximate surface area is 172 Å². The van der Waals surface area contributed by atoms with Crippen molar-refractivity contribution in [2.45, 2.75) is 19.8 Å². The third-order valence-electron chi connectivity index (χ3n) is 4.88. The van der Waals surface area contributed by atoms with Gasteiger partial charge in [-0.1, -0.05) is 25.1 Å². The van der Waals surface area contributed by atoms with Crippen LogP contribution in [-0.2, 0) is 11.2 Å². The maximum absolute atomic E-state index is 13.3. The van der Waals surface area contributed by atoms with Gasteiger partial charge in [-0.2, -0.15) is 0 Å². The van der Waals surface area contributed by atoms with Gasteiger partial charge in [-0.15, -0.1) is 11.3 Å². The maximum atomic E-state index is 13.3. The Bertz CT molecular complexity index is 1070. The number of nitrogens with one attached hydrogen (secondary N) is 2. The first kappa shape index (κ1) is 19.3. The van der Waals surface area contributed by atoms with Crippen LogP contribution in [0.2, 0.25) is 0 Å². The number of amides is 2. The molecule has 2 amide bonds. The molecule has 2 unspecified atom stereocenters. The highest BCUT2D eigenvalue weighted by Gasteiger charge is 2.39. The molecule has 148 valence electrons.